The fourth-order valence-corrected chi connectivity index (χ4v) is 2.10. The number of nitrogen functional groups attached to an aromatic ring is 1. The van der Waals surface area contributed by atoms with E-state index in [-0.39, 0.29) is 0 Å². The van der Waals surface area contributed by atoms with Gasteiger partial charge in [-0.05, 0) is 30.2 Å². The van der Waals surface area contributed by atoms with Gasteiger partial charge in [-0.3, -0.25) is 4.98 Å². The number of fused-ring (bicyclic) bond motifs is 1. The van der Waals surface area contributed by atoms with Gasteiger partial charge in [0.15, 0.2) is 0 Å². The second-order valence-electron chi connectivity index (χ2n) is 4.02. The van der Waals surface area contributed by atoms with E-state index in [9.17, 15) is 0 Å². The summed E-state index contributed by atoms with van der Waals surface area (Å²) in [5.74, 6) is 0. The quantitative estimate of drug-likeness (QED) is 0.667. The summed E-state index contributed by atoms with van der Waals surface area (Å²) in [5, 5.41) is 1.12. The van der Waals surface area contributed by atoms with Crippen LogP contribution in [-0.4, -0.2) is 15.0 Å². The molecule has 0 atom stereocenters. The first-order valence-electron chi connectivity index (χ1n) is 5.40. The van der Waals surface area contributed by atoms with E-state index >= 15 is 0 Å². The molecule has 3 aromatic heterocycles. The minimum Gasteiger partial charge on any atom is -0.397 e. The van der Waals surface area contributed by atoms with Crippen LogP contribution < -0.4 is 5.73 Å². The third-order valence-electron chi connectivity index (χ3n) is 2.91. The first kappa shape index (κ1) is 9.84. The van der Waals surface area contributed by atoms with Gasteiger partial charge in [0.05, 0.1) is 11.9 Å². The average Bonchev–Trinajstić information content (AvgIpc) is 2.72. The second-order valence-corrected chi connectivity index (χ2v) is 4.02. The van der Waals surface area contributed by atoms with E-state index in [0.717, 1.165) is 22.2 Å². The lowest BCUT2D eigenvalue weighted by atomic mass is 10.0. The highest BCUT2D eigenvalue weighted by Crippen LogP contribution is 2.32. The van der Waals surface area contributed by atoms with Crippen molar-refractivity contribution in [3.63, 3.8) is 0 Å². The molecule has 0 aliphatic rings. The molecule has 84 valence electrons. The Morgan fingerprint density at radius 2 is 2.00 bits per heavy atom. The molecule has 0 spiro atoms. The van der Waals surface area contributed by atoms with Crippen LogP contribution in [0.2, 0.25) is 0 Å². The van der Waals surface area contributed by atoms with Gasteiger partial charge in [0, 0.05) is 29.5 Å². The summed E-state index contributed by atoms with van der Waals surface area (Å²) in [5.41, 5.74) is 10.8. The number of H-pyrrole nitrogens is 1. The molecule has 0 fully saturated rings. The molecule has 0 bridgehead atoms. The molecule has 17 heavy (non-hydrogen) atoms. The van der Waals surface area contributed by atoms with Gasteiger partial charge >= 0.3 is 0 Å². The lowest BCUT2D eigenvalue weighted by molar-refractivity contribution is 1.31. The molecule has 3 rings (SSSR count). The summed E-state index contributed by atoms with van der Waals surface area (Å²) >= 11 is 0. The molecular formula is C13H12N4. The lowest BCUT2D eigenvalue weighted by Gasteiger charge is -2.06. The van der Waals surface area contributed by atoms with Crippen molar-refractivity contribution in [2.45, 2.75) is 6.92 Å². The molecule has 3 aromatic rings. The molecule has 0 radical (unpaired) electrons. The van der Waals surface area contributed by atoms with Crippen molar-refractivity contribution in [2.24, 2.45) is 0 Å². The molecule has 4 nitrogen and oxygen atoms in total. The largest absolute Gasteiger partial charge is 0.397 e. The van der Waals surface area contributed by atoms with E-state index in [2.05, 4.69) is 21.9 Å². The Kier molecular flexibility index (Phi) is 2.08. The predicted octanol–water partition coefficient (Wildman–Crippen LogP) is 2.52. The van der Waals surface area contributed by atoms with Crippen molar-refractivity contribution in [2.75, 3.05) is 5.73 Å². The van der Waals surface area contributed by atoms with Crippen LogP contribution in [0.4, 0.5) is 5.69 Å². The van der Waals surface area contributed by atoms with Gasteiger partial charge in [0.2, 0.25) is 0 Å². The van der Waals surface area contributed by atoms with Crippen molar-refractivity contribution in [1.29, 1.82) is 0 Å². The number of nitrogens with zero attached hydrogens (tertiary/aromatic N) is 2. The van der Waals surface area contributed by atoms with Gasteiger partial charge in [-0.1, -0.05) is 0 Å². The number of aryl methyl sites for hydroxylation is 1. The van der Waals surface area contributed by atoms with E-state index in [1.807, 2.05) is 18.3 Å². The van der Waals surface area contributed by atoms with Crippen LogP contribution in [0.5, 0.6) is 0 Å². The molecular weight excluding hydrogens is 212 g/mol. The van der Waals surface area contributed by atoms with E-state index in [1.54, 1.807) is 18.6 Å². The van der Waals surface area contributed by atoms with Crippen LogP contribution in [-0.2, 0) is 0 Å². The molecule has 3 N–H and O–H groups in total. The van der Waals surface area contributed by atoms with Gasteiger partial charge in [0.25, 0.3) is 0 Å². The standard InChI is InChI=1S/C13H12N4/c1-8-6-17-13-12(8)10(3-5-16-13)9-2-4-15-7-11(9)14/h2-7H,14H2,1H3,(H,16,17). The van der Waals surface area contributed by atoms with Crippen LogP contribution in [0.15, 0.2) is 36.9 Å². The topological polar surface area (TPSA) is 67.6 Å². The average molecular weight is 224 g/mol. The molecule has 4 heteroatoms. The number of rotatable bonds is 1. The lowest BCUT2D eigenvalue weighted by Crippen LogP contribution is -1.92. The molecule has 0 aliphatic carbocycles. The zero-order chi connectivity index (χ0) is 11.8. The number of nitrogens with one attached hydrogen (secondary N) is 1. The van der Waals surface area contributed by atoms with Crippen molar-refractivity contribution in [3.8, 4) is 11.1 Å². The number of aromatic amines is 1. The van der Waals surface area contributed by atoms with Gasteiger partial charge in [-0.15, -0.1) is 0 Å². The Bertz CT molecular complexity index is 685. The summed E-state index contributed by atoms with van der Waals surface area (Å²) in [4.78, 5) is 11.5. The van der Waals surface area contributed by atoms with Crippen LogP contribution in [0.3, 0.4) is 0 Å². The Labute approximate surface area is 98.5 Å². The minimum atomic E-state index is 0.681. The smallest absolute Gasteiger partial charge is 0.138 e. The van der Waals surface area contributed by atoms with Crippen LogP contribution in [0.25, 0.3) is 22.2 Å². The summed E-state index contributed by atoms with van der Waals surface area (Å²) < 4.78 is 0. The fourth-order valence-electron chi connectivity index (χ4n) is 2.10. The van der Waals surface area contributed by atoms with Crippen molar-refractivity contribution in [1.82, 2.24) is 15.0 Å². The van der Waals surface area contributed by atoms with Gasteiger partial charge in [-0.2, -0.15) is 0 Å². The molecule has 0 saturated heterocycles. The molecule has 3 heterocycles. The normalized spacial score (nSPS) is 10.9. The van der Waals surface area contributed by atoms with Gasteiger partial charge < -0.3 is 10.7 Å². The molecule has 0 unspecified atom stereocenters. The van der Waals surface area contributed by atoms with E-state index in [4.69, 9.17) is 5.73 Å². The Morgan fingerprint density at radius 3 is 2.82 bits per heavy atom. The number of pyridine rings is 2. The number of hydrogen-bond donors (Lipinski definition) is 2. The number of anilines is 1. The highest BCUT2D eigenvalue weighted by molar-refractivity contribution is 5.98. The zero-order valence-electron chi connectivity index (χ0n) is 9.44. The monoisotopic (exact) mass is 224 g/mol. The van der Waals surface area contributed by atoms with Crippen molar-refractivity contribution < 1.29 is 0 Å². The molecule has 0 saturated carbocycles. The van der Waals surface area contributed by atoms with Crippen LogP contribution in [0.1, 0.15) is 5.56 Å². The number of hydrogen-bond acceptors (Lipinski definition) is 3. The zero-order valence-corrected chi connectivity index (χ0v) is 9.44. The number of aromatic nitrogens is 3. The summed E-state index contributed by atoms with van der Waals surface area (Å²) in [7, 11) is 0. The predicted molar refractivity (Wildman–Crippen MR) is 68.5 cm³/mol. The van der Waals surface area contributed by atoms with Gasteiger partial charge in [-0.25, -0.2) is 4.98 Å². The van der Waals surface area contributed by atoms with E-state index in [0.29, 0.717) is 5.69 Å². The second kappa shape index (κ2) is 3.59. The first-order chi connectivity index (χ1) is 8.27. The molecule has 0 aromatic carbocycles. The number of nitrogens with two attached hydrogens (primary N) is 1. The summed E-state index contributed by atoms with van der Waals surface area (Å²) in [6.45, 7) is 2.06. The summed E-state index contributed by atoms with van der Waals surface area (Å²) in [6, 6.07) is 3.91. The van der Waals surface area contributed by atoms with Crippen molar-refractivity contribution in [3.05, 3.63) is 42.5 Å². The maximum absolute atomic E-state index is 5.97. The van der Waals surface area contributed by atoms with Crippen LogP contribution >= 0.6 is 0 Å². The van der Waals surface area contributed by atoms with Gasteiger partial charge in [0.1, 0.15) is 5.65 Å². The Morgan fingerprint density at radius 1 is 1.18 bits per heavy atom. The van der Waals surface area contributed by atoms with E-state index in [1.165, 1.54) is 5.56 Å². The fraction of sp³-hybridized carbons (Fsp3) is 0.0769. The first-order valence-corrected chi connectivity index (χ1v) is 5.40. The van der Waals surface area contributed by atoms with E-state index < -0.39 is 0 Å². The maximum Gasteiger partial charge on any atom is 0.138 e. The SMILES string of the molecule is Cc1c[nH]c2nccc(-c3ccncc3N)c12. The van der Waals surface area contributed by atoms with Crippen molar-refractivity contribution >= 4 is 16.7 Å². The third-order valence-corrected chi connectivity index (χ3v) is 2.91. The van der Waals surface area contributed by atoms with Crippen LogP contribution in [0, 0.1) is 6.92 Å². The molecule has 0 amide bonds. The highest BCUT2D eigenvalue weighted by atomic mass is 14.8. The third kappa shape index (κ3) is 1.45. The Balaban J connectivity index is 2.38. The highest BCUT2D eigenvalue weighted by Gasteiger charge is 2.10. The maximum atomic E-state index is 5.97. The summed E-state index contributed by atoms with van der Waals surface area (Å²) in [6.07, 6.45) is 7.16. The Hall–Kier alpha value is -2.36. The molecule has 0 aliphatic heterocycles. The minimum absolute atomic E-state index is 0.681.